The van der Waals surface area contributed by atoms with Gasteiger partial charge in [0.1, 0.15) is 5.75 Å². The predicted octanol–water partition coefficient (Wildman–Crippen LogP) is 2.11. The van der Waals surface area contributed by atoms with Crippen LogP contribution >= 0.6 is 0 Å². The molecular formula is C15H17N3O2. The third-order valence-electron chi connectivity index (χ3n) is 2.92. The summed E-state index contributed by atoms with van der Waals surface area (Å²) in [5.74, 6) is 0.186. The number of aromatic nitrogens is 1. The first-order chi connectivity index (χ1) is 9.60. The molecule has 0 bridgehead atoms. The normalized spacial score (nSPS) is 10.1. The fourth-order valence-electron chi connectivity index (χ4n) is 1.79. The van der Waals surface area contributed by atoms with Gasteiger partial charge in [-0.2, -0.15) is 0 Å². The summed E-state index contributed by atoms with van der Waals surface area (Å²) >= 11 is 0. The SMILES string of the molecule is COc1ccc(C(N)=O)cc1NCc1ccc(C)cn1. The molecule has 0 unspecified atom stereocenters. The number of hydrogen-bond acceptors (Lipinski definition) is 4. The number of nitrogens with two attached hydrogens (primary N) is 1. The van der Waals surface area contributed by atoms with E-state index in [1.807, 2.05) is 25.3 Å². The molecular weight excluding hydrogens is 254 g/mol. The first kappa shape index (κ1) is 13.9. The molecule has 2 rings (SSSR count). The quantitative estimate of drug-likeness (QED) is 0.873. The highest BCUT2D eigenvalue weighted by Crippen LogP contribution is 2.25. The van der Waals surface area contributed by atoms with Gasteiger partial charge in [0.15, 0.2) is 0 Å². The number of methoxy groups -OCH3 is 1. The summed E-state index contributed by atoms with van der Waals surface area (Å²) in [5.41, 5.74) is 8.45. The largest absolute Gasteiger partial charge is 0.495 e. The van der Waals surface area contributed by atoms with Crippen LogP contribution in [0.25, 0.3) is 0 Å². The number of nitrogens with one attached hydrogen (secondary N) is 1. The molecule has 104 valence electrons. The number of rotatable bonds is 5. The summed E-state index contributed by atoms with van der Waals surface area (Å²) in [4.78, 5) is 15.5. The molecule has 0 atom stereocenters. The number of anilines is 1. The van der Waals surface area contributed by atoms with Gasteiger partial charge in [-0.05, 0) is 36.8 Å². The summed E-state index contributed by atoms with van der Waals surface area (Å²) in [7, 11) is 1.58. The van der Waals surface area contributed by atoms with Crippen LogP contribution in [0.5, 0.6) is 5.75 Å². The Hall–Kier alpha value is -2.56. The molecule has 0 spiro atoms. The highest BCUT2D eigenvalue weighted by Gasteiger charge is 2.07. The molecule has 3 N–H and O–H groups in total. The lowest BCUT2D eigenvalue weighted by Crippen LogP contribution is -2.12. The van der Waals surface area contributed by atoms with Crippen LogP contribution in [0.3, 0.4) is 0 Å². The minimum Gasteiger partial charge on any atom is -0.495 e. The van der Waals surface area contributed by atoms with E-state index in [0.29, 0.717) is 23.5 Å². The van der Waals surface area contributed by atoms with Crippen molar-refractivity contribution in [3.8, 4) is 5.75 Å². The number of primary amides is 1. The molecule has 0 aliphatic carbocycles. The number of ether oxygens (including phenoxy) is 1. The fraction of sp³-hybridized carbons (Fsp3) is 0.200. The van der Waals surface area contributed by atoms with Crippen molar-refractivity contribution >= 4 is 11.6 Å². The summed E-state index contributed by atoms with van der Waals surface area (Å²) in [6, 6.07) is 8.98. The Bertz CT molecular complexity index is 609. The van der Waals surface area contributed by atoms with Gasteiger partial charge in [0.2, 0.25) is 5.91 Å². The van der Waals surface area contributed by atoms with E-state index in [0.717, 1.165) is 11.3 Å². The van der Waals surface area contributed by atoms with Crippen LogP contribution in [0, 0.1) is 6.92 Å². The molecule has 0 aliphatic heterocycles. The Morgan fingerprint density at radius 2 is 2.15 bits per heavy atom. The van der Waals surface area contributed by atoms with Crippen molar-refractivity contribution in [1.29, 1.82) is 0 Å². The number of hydrogen-bond donors (Lipinski definition) is 2. The second-order valence-electron chi connectivity index (χ2n) is 4.46. The molecule has 1 heterocycles. The molecule has 1 aromatic carbocycles. The third kappa shape index (κ3) is 3.26. The van der Waals surface area contributed by atoms with Gasteiger partial charge in [0, 0.05) is 11.8 Å². The van der Waals surface area contributed by atoms with Gasteiger partial charge in [0.05, 0.1) is 25.0 Å². The zero-order valence-corrected chi connectivity index (χ0v) is 11.5. The van der Waals surface area contributed by atoms with Gasteiger partial charge >= 0.3 is 0 Å². The van der Waals surface area contributed by atoms with E-state index in [1.54, 1.807) is 25.3 Å². The maximum absolute atomic E-state index is 11.2. The molecule has 0 aliphatic rings. The van der Waals surface area contributed by atoms with Crippen molar-refractivity contribution in [3.05, 3.63) is 53.3 Å². The Morgan fingerprint density at radius 3 is 2.75 bits per heavy atom. The number of pyridine rings is 1. The standard InChI is InChI=1S/C15H17N3O2/c1-10-3-5-12(17-8-10)9-18-13-7-11(15(16)19)4-6-14(13)20-2/h3-8,18H,9H2,1-2H3,(H2,16,19). The Balaban J connectivity index is 2.16. The molecule has 0 fully saturated rings. The van der Waals surface area contributed by atoms with Crippen molar-refractivity contribution in [3.63, 3.8) is 0 Å². The van der Waals surface area contributed by atoms with Crippen molar-refractivity contribution in [2.45, 2.75) is 13.5 Å². The van der Waals surface area contributed by atoms with Crippen LogP contribution in [-0.2, 0) is 6.54 Å². The second kappa shape index (κ2) is 6.06. The smallest absolute Gasteiger partial charge is 0.248 e. The number of nitrogens with zero attached hydrogens (tertiary/aromatic N) is 1. The molecule has 0 saturated heterocycles. The first-order valence-electron chi connectivity index (χ1n) is 6.23. The van der Waals surface area contributed by atoms with E-state index in [1.165, 1.54) is 0 Å². The average molecular weight is 271 g/mol. The van der Waals surface area contributed by atoms with Crippen LogP contribution in [0.1, 0.15) is 21.6 Å². The van der Waals surface area contributed by atoms with Crippen LogP contribution < -0.4 is 15.8 Å². The van der Waals surface area contributed by atoms with E-state index in [4.69, 9.17) is 10.5 Å². The highest BCUT2D eigenvalue weighted by molar-refractivity contribution is 5.94. The Labute approximate surface area is 117 Å². The molecule has 1 amide bonds. The van der Waals surface area contributed by atoms with Crippen molar-refractivity contribution < 1.29 is 9.53 Å². The van der Waals surface area contributed by atoms with Gasteiger partial charge in [0.25, 0.3) is 0 Å². The lowest BCUT2D eigenvalue weighted by atomic mass is 10.1. The maximum Gasteiger partial charge on any atom is 0.248 e. The summed E-state index contributed by atoms with van der Waals surface area (Å²) < 4.78 is 5.25. The van der Waals surface area contributed by atoms with Gasteiger partial charge in [-0.3, -0.25) is 9.78 Å². The molecule has 2 aromatic rings. The molecule has 5 heteroatoms. The number of carbonyl (C=O) groups is 1. The lowest BCUT2D eigenvalue weighted by Gasteiger charge is -2.12. The first-order valence-corrected chi connectivity index (χ1v) is 6.23. The van der Waals surface area contributed by atoms with Crippen molar-refractivity contribution in [2.24, 2.45) is 5.73 Å². The van der Waals surface area contributed by atoms with Gasteiger partial charge in [-0.25, -0.2) is 0 Å². The zero-order valence-electron chi connectivity index (χ0n) is 11.5. The third-order valence-corrected chi connectivity index (χ3v) is 2.92. The Kier molecular flexibility index (Phi) is 4.20. The van der Waals surface area contributed by atoms with Gasteiger partial charge in [-0.1, -0.05) is 6.07 Å². The van der Waals surface area contributed by atoms with E-state index in [9.17, 15) is 4.79 Å². The van der Waals surface area contributed by atoms with Gasteiger partial charge < -0.3 is 15.8 Å². The van der Waals surface area contributed by atoms with Crippen molar-refractivity contribution in [2.75, 3.05) is 12.4 Å². The van der Waals surface area contributed by atoms with E-state index >= 15 is 0 Å². The van der Waals surface area contributed by atoms with Crippen LogP contribution in [0.2, 0.25) is 0 Å². The fourth-order valence-corrected chi connectivity index (χ4v) is 1.79. The minimum atomic E-state index is -0.468. The maximum atomic E-state index is 11.2. The van der Waals surface area contributed by atoms with Crippen LogP contribution in [-0.4, -0.2) is 18.0 Å². The van der Waals surface area contributed by atoms with Crippen molar-refractivity contribution in [1.82, 2.24) is 4.98 Å². The minimum absolute atomic E-state index is 0.435. The number of amides is 1. The summed E-state index contributed by atoms with van der Waals surface area (Å²) in [6.45, 7) is 2.53. The molecule has 0 radical (unpaired) electrons. The molecule has 5 nitrogen and oxygen atoms in total. The predicted molar refractivity (Wildman–Crippen MR) is 77.8 cm³/mol. The second-order valence-corrected chi connectivity index (χ2v) is 4.46. The number of aryl methyl sites for hydroxylation is 1. The summed E-state index contributed by atoms with van der Waals surface area (Å²) in [6.07, 6.45) is 1.81. The monoisotopic (exact) mass is 271 g/mol. The zero-order chi connectivity index (χ0) is 14.5. The highest BCUT2D eigenvalue weighted by atomic mass is 16.5. The topological polar surface area (TPSA) is 77.2 Å². The molecule has 0 saturated carbocycles. The van der Waals surface area contributed by atoms with Gasteiger partial charge in [-0.15, -0.1) is 0 Å². The van der Waals surface area contributed by atoms with Crippen LogP contribution in [0.15, 0.2) is 36.5 Å². The lowest BCUT2D eigenvalue weighted by molar-refractivity contribution is 0.100. The van der Waals surface area contributed by atoms with E-state index in [2.05, 4.69) is 10.3 Å². The van der Waals surface area contributed by atoms with E-state index < -0.39 is 5.91 Å². The molecule has 20 heavy (non-hydrogen) atoms. The number of carbonyl (C=O) groups excluding carboxylic acids is 1. The summed E-state index contributed by atoms with van der Waals surface area (Å²) in [5, 5.41) is 3.20. The molecule has 1 aromatic heterocycles. The average Bonchev–Trinajstić information content (AvgIpc) is 2.46. The van der Waals surface area contributed by atoms with E-state index in [-0.39, 0.29) is 0 Å². The number of benzene rings is 1. The Morgan fingerprint density at radius 1 is 1.35 bits per heavy atom. The van der Waals surface area contributed by atoms with Crippen LogP contribution in [0.4, 0.5) is 5.69 Å².